The van der Waals surface area contributed by atoms with Crippen LogP contribution in [0.5, 0.6) is 0 Å². The van der Waals surface area contributed by atoms with E-state index in [2.05, 4.69) is 4.98 Å². The smallest absolute Gasteiger partial charge is 0.438 e. The predicted molar refractivity (Wildman–Crippen MR) is 53.0 cm³/mol. The average Bonchev–Trinajstić information content (AvgIpc) is 2.46. The van der Waals surface area contributed by atoms with Crippen molar-refractivity contribution in [3.05, 3.63) is 17.3 Å². The maximum Gasteiger partial charge on any atom is 0.468 e. The molecule has 1 heterocycles. The molecule has 1 aromatic rings. The van der Waals surface area contributed by atoms with E-state index in [1.54, 1.807) is 20.8 Å². The second kappa shape index (κ2) is 4.08. The predicted octanol–water partition coefficient (Wildman–Crippen LogP) is 2.49. The van der Waals surface area contributed by atoms with Gasteiger partial charge in [0.1, 0.15) is 5.76 Å². The zero-order chi connectivity index (χ0) is 12.6. The minimum atomic E-state index is -4.55. The number of rotatable bonds is 2. The largest absolute Gasteiger partial charge is 0.468 e. The topological polar surface area (TPSA) is 52.0 Å². The first-order valence-corrected chi connectivity index (χ1v) is 4.93. The van der Waals surface area contributed by atoms with Gasteiger partial charge >= 0.3 is 12.1 Å². The molecule has 0 aliphatic heterocycles. The molecule has 0 aromatic carbocycles. The van der Waals surface area contributed by atoms with E-state index >= 15 is 0 Å². The Morgan fingerprint density at radius 3 is 2.19 bits per heavy atom. The van der Waals surface area contributed by atoms with Gasteiger partial charge in [-0.3, -0.25) is 0 Å². The Kier molecular flexibility index (Phi) is 3.33. The van der Waals surface area contributed by atoms with Gasteiger partial charge in [-0.15, -0.1) is 0 Å². The fourth-order valence-electron chi connectivity index (χ4n) is 1.36. The van der Waals surface area contributed by atoms with Gasteiger partial charge in [0.15, 0.2) is 0 Å². The van der Waals surface area contributed by atoms with E-state index in [0.29, 0.717) is 5.69 Å². The van der Waals surface area contributed by atoms with Gasteiger partial charge < -0.3 is 10.2 Å². The van der Waals surface area contributed by atoms with Gasteiger partial charge in [0.05, 0.1) is 5.69 Å². The molecule has 0 fully saturated rings. The molecule has 0 saturated heterocycles. The molecule has 0 radical (unpaired) electrons. The average molecular weight is 236 g/mol. The quantitative estimate of drug-likeness (QED) is 0.858. The van der Waals surface area contributed by atoms with Crippen LogP contribution >= 0.6 is 0 Å². The molecule has 2 N–H and O–H groups in total. The monoisotopic (exact) mass is 236 g/mol. The van der Waals surface area contributed by atoms with Crippen molar-refractivity contribution >= 4 is 0 Å². The van der Waals surface area contributed by atoms with Crippen LogP contribution in [0.3, 0.4) is 0 Å². The number of nitrogens with two attached hydrogens (primary N) is 1. The van der Waals surface area contributed by atoms with Gasteiger partial charge in [-0.25, -0.2) is 4.98 Å². The van der Waals surface area contributed by atoms with Crippen molar-refractivity contribution in [1.82, 2.24) is 4.98 Å². The van der Waals surface area contributed by atoms with Crippen LogP contribution in [0.4, 0.5) is 13.2 Å². The van der Waals surface area contributed by atoms with Gasteiger partial charge in [-0.05, 0) is 6.54 Å². The third-order valence-electron chi connectivity index (χ3n) is 2.02. The van der Waals surface area contributed by atoms with Crippen molar-refractivity contribution in [2.45, 2.75) is 38.8 Å². The van der Waals surface area contributed by atoms with E-state index in [1.165, 1.54) is 0 Å². The number of aromatic nitrogens is 1. The molecule has 0 aliphatic rings. The number of hydrogen-bond acceptors (Lipinski definition) is 3. The van der Waals surface area contributed by atoms with Crippen LogP contribution in [-0.2, 0) is 18.0 Å². The number of hydrogen-bond donors (Lipinski definition) is 1. The zero-order valence-corrected chi connectivity index (χ0v) is 9.48. The molecule has 92 valence electrons. The third-order valence-corrected chi connectivity index (χ3v) is 2.02. The first-order valence-electron chi connectivity index (χ1n) is 4.93. The lowest BCUT2D eigenvalue weighted by Crippen LogP contribution is -2.16. The van der Waals surface area contributed by atoms with Crippen molar-refractivity contribution in [3.63, 3.8) is 0 Å². The minimum Gasteiger partial charge on any atom is -0.438 e. The summed E-state index contributed by atoms with van der Waals surface area (Å²) >= 11 is 0. The van der Waals surface area contributed by atoms with E-state index in [-0.39, 0.29) is 18.7 Å². The molecule has 0 amide bonds. The first kappa shape index (κ1) is 13.0. The number of alkyl halides is 3. The van der Waals surface area contributed by atoms with Crippen molar-refractivity contribution in [1.29, 1.82) is 0 Å². The highest BCUT2D eigenvalue weighted by Crippen LogP contribution is 2.34. The van der Waals surface area contributed by atoms with Crippen LogP contribution in [-0.4, -0.2) is 11.5 Å². The number of oxazole rings is 1. The molecule has 0 aliphatic carbocycles. The van der Waals surface area contributed by atoms with Gasteiger partial charge in [0.25, 0.3) is 0 Å². The van der Waals surface area contributed by atoms with E-state index in [4.69, 9.17) is 10.2 Å². The van der Waals surface area contributed by atoms with E-state index in [1.807, 2.05) is 0 Å². The molecule has 1 aromatic heterocycles. The summed E-state index contributed by atoms with van der Waals surface area (Å²) in [5.74, 6) is -0.969. The minimum absolute atomic E-state index is 0.224. The molecular weight excluding hydrogens is 221 g/mol. The third kappa shape index (κ3) is 2.75. The molecule has 0 spiro atoms. The molecule has 0 bridgehead atoms. The Labute approximate surface area is 91.8 Å². The van der Waals surface area contributed by atoms with Crippen LogP contribution in [0, 0.1) is 0 Å². The molecule has 0 unspecified atom stereocenters. The Morgan fingerprint density at radius 1 is 1.25 bits per heavy atom. The summed E-state index contributed by atoms with van der Waals surface area (Å²) in [5, 5.41) is 0. The summed E-state index contributed by atoms with van der Waals surface area (Å²) in [6, 6.07) is 0. The second-order valence-electron chi connectivity index (χ2n) is 4.58. The number of halogens is 3. The highest BCUT2D eigenvalue weighted by molar-refractivity contribution is 5.20. The highest BCUT2D eigenvalue weighted by atomic mass is 19.4. The Bertz CT molecular complexity index is 363. The van der Waals surface area contributed by atoms with E-state index < -0.39 is 17.5 Å². The van der Waals surface area contributed by atoms with Gasteiger partial charge in [-0.1, -0.05) is 20.8 Å². The summed E-state index contributed by atoms with van der Waals surface area (Å²) in [4.78, 5) is 3.52. The van der Waals surface area contributed by atoms with Crippen molar-refractivity contribution in [2.24, 2.45) is 5.73 Å². The molecule has 0 saturated carbocycles. The highest BCUT2D eigenvalue weighted by Gasteiger charge is 2.39. The SMILES string of the molecule is CC(C)(C)c1nc(C(F)(F)F)oc1CCN. The fraction of sp³-hybridized carbons (Fsp3) is 0.700. The second-order valence-corrected chi connectivity index (χ2v) is 4.58. The summed E-state index contributed by atoms with van der Waals surface area (Å²) in [5.41, 5.74) is 5.16. The first-order chi connectivity index (χ1) is 7.16. The summed E-state index contributed by atoms with van der Waals surface area (Å²) in [6.07, 6.45) is -4.29. The van der Waals surface area contributed by atoms with Crippen LogP contribution in [0.2, 0.25) is 0 Å². The Balaban J connectivity index is 3.21. The van der Waals surface area contributed by atoms with Crippen LogP contribution < -0.4 is 5.73 Å². The lowest BCUT2D eigenvalue weighted by Gasteiger charge is -2.15. The van der Waals surface area contributed by atoms with E-state index in [0.717, 1.165) is 0 Å². The summed E-state index contributed by atoms with van der Waals surface area (Å²) in [7, 11) is 0. The fourth-order valence-corrected chi connectivity index (χ4v) is 1.36. The molecule has 1 rings (SSSR count). The van der Waals surface area contributed by atoms with Gasteiger partial charge in [0.2, 0.25) is 0 Å². The maximum atomic E-state index is 12.4. The van der Waals surface area contributed by atoms with Crippen molar-refractivity contribution < 1.29 is 17.6 Å². The molecule has 6 heteroatoms. The lowest BCUT2D eigenvalue weighted by molar-refractivity contribution is -0.157. The summed E-state index contributed by atoms with van der Waals surface area (Å²) < 4.78 is 42.0. The molecule has 0 atom stereocenters. The standard InChI is InChI=1S/C10H15F3N2O/c1-9(2,3)7-6(4-5-14)16-8(15-7)10(11,12)13/h4-5,14H2,1-3H3. The van der Waals surface area contributed by atoms with Gasteiger partial charge in [-0.2, -0.15) is 13.2 Å². The molecular formula is C10H15F3N2O. The summed E-state index contributed by atoms with van der Waals surface area (Å²) in [6.45, 7) is 5.58. The van der Waals surface area contributed by atoms with E-state index in [9.17, 15) is 13.2 Å². The number of nitrogens with zero attached hydrogens (tertiary/aromatic N) is 1. The Hall–Kier alpha value is -1.04. The van der Waals surface area contributed by atoms with Crippen molar-refractivity contribution in [3.8, 4) is 0 Å². The molecule has 16 heavy (non-hydrogen) atoms. The van der Waals surface area contributed by atoms with Crippen LogP contribution in [0.1, 0.15) is 38.1 Å². The van der Waals surface area contributed by atoms with Crippen molar-refractivity contribution in [2.75, 3.05) is 6.54 Å². The van der Waals surface area contributed by atoms with Gasteiger partial charge in [0, 0.05) is 11.8 Å². The normalized spacial score (nSPS) is 13.2. The Morgan fingerprint density at radius 2 is 1.81 bits per heavy atom. The molecule has 3 nitrogen and oxygen atoms in total. The van der Waals surface area contributed by atoms with Crippen LogP contribution in [0.25, 0.3) is 0 Å². The zero-order valence-electron chi connectivity index (χ0n) is 9.48. The maximum absolute atomic E-state index is 12.4. The lowest BCUT2D eigenvalue weighted by atomic mass is 9.90. The van der Waals surface area contributed by atoms with Crippen LogP contribution in [0.15, 0.2) is 4.42 Å².